The first kappa shape index (κ1) is 23.6. The lowest BCUT2D eigenvalue weighted by Crippen LogP contribution is -2.39. The number of hydrogen-bond acceptors (Lipinski definition) is 5. The molecule has 0 saturated carbocycles. The van der Waals surface area contributed by atoms with Crippen LogP contribution in [0.3, 0.4) is 0 Å². The predicted octanol–water partition coefficient (Wildman–Crippen LogP) is 6.43. The average Bonchev–Trinajstić information content (AvgIpc) is 3.21. The zero-order valence-electron chi connectivity index (χ0n) is 17.6. The van der Waals surface area contributed by atoms with Crippen molar-refractivity contribution in [2.45, 2.75) is 12.8 Å². The minimum atomic E-state index is -1.43. The van der Waals surface area contributed by atoms with Crippen molar-refractivity contribution in [3.05, 3.63) is 70.2 Å². The largest absolute Gasteiger partial charge is 0.512 e. The molecule has 172 valence electrons. The van der Waals surface area contributed by atoms with Gasteiger partial charge in [-0.25, -0.2) is 4.79 Å². The van der Waals surface area contributed by atoms with Crippen LogP contribution < -0.4 is 15.0 Å². The molecule has 3 aromatic rings. The molecule has 1 aliphatic heterocycles. The van der Waals surface area contributed by atoms with Gasteiger partial charge < -0.3 is 20.1 Å². The van der Waals surface area contributed by atoms with E-state index in [2.05, 4.69) is 5.32 Å². The Morgan fingerprint density at radius 1 is 1.09 bits per heavy atom. The van der Waals surface area contributed by atoms with Gasteiger partial charge in [0.15, 0.2) is 0 Å². The Labute approximate surface area is 205 Å². The molecule has 0 atom stereocenters. The smallest absolute Gasteiger partial charge is 0.449 e. The molecular weight excluding hydrogens is 483 g/mol. The highest BCUT2D eigenvalue weighted by molar-refractivity contribution is 7.18. The summed E-state index contributed by atoms with van der Waals surface area (Å²) >= 11 is 13.6. The van der Waals surface area contributed by atoms with Crippen LogP contribution >= 0.6 is 34.5 Å². The Morgan fingerprint density at radius 2 is 1.82 bits per heavy atom. The predicted molar refractivity (Wildman–Crippen MR) is 132 cm³/mol. The fraction of sp³-hybridized carbons (Fsp3) is 0.250. The van der Waals surface area contributed by atoms with Crippen molar-refractivity contribution in [3.8, 4) is 15.5 Å². The minimum Gasteiger partial charge on any atom is -0.449 e. The van der Waals surface area contributed by atoms with Gasteiger partial charge >= 0.3 is 6.16 Å². The SMILES string of the molecule is O=C(O)Oc1sc(-c2ccccc2)cc1N(CC1CCNCC1)C(=O)c1ccc(Cl)cc1Cl. The summed E-state index contributed by atoms with van der Waals surface area (Å²) in [7, 11) is 0. The van der Waals surface area contributed by atoms with Crippen molar-refractivity contribution >= 4 is 52.3 Å². The van der Waals surface area contributed by atoms with E-state index in [9.17, 15) is 14.7 Å². The van der Waals surface area contributed by atoms with Crippen LogP contribution in [0, 0.1) is 5.92 Å². The van der Waals surface area contributed by atoms with Gasteiger partial charge in [0, 0.05) is 16.4 Å². The van der Waals surface area contributed by atoms with Gasteiger partial charge in [-0.3, -0.25) is 4.79 Å². The van der Waals surface area contributed by atoms with E-state index in [0.717, 1.165) is 36.4 Å². The van der Waals surface area contributed by atoms with Gasteiger partial charge in [0.1, 0.15) is 0 Å². The summed E-state index contributed by atoms with van der Waals surface area (Å²) < 4.78 is 5.13. The Kier molecular flexibility index (Phi) is 7.55. The van der Waals surface area contributed by atoms with Crippen LogP contribution in [0.25, 0.3) is 10.4 Å². The Hall–Kier alpha value is -2.58. The number of piperidine rings is 1. The van der Waals surface area contributed by atoms with Crippen molar-refractivity contribution in [2.75, 3.05) is 24.5 Å². The second-order valence-corrected chi connectivity index (χ2v) is 9.61. The first-order chi connectivity index (χ1) is 15.9. The van der Waals surface area contributed by atoms with Crippen LogP contribution in [0.4, 0.5) is 10.5 Å². The number of amides is 1. The third-order valence-corrected chi connectivity index (χ3v) is 7.11. The third-order valence-electron chi connectivity index (χ3n) is 5.51. The monoisotopic (exact) mass is 504 g/mol. The molecule has 0 spiro atoms. The summed E-state index contributed by atoms with van der Waals surface area (Å²) in [4.78, 5) is 27.6. The van der Waals surface area contributed by atoms with Crippen LogP contribution in [-0.2, 0) is 0 Å². The maximum Gasteiger partial charge on any atom is 0.512 e. The molecule has 33 heavy (non-hydrogen) atoms. The van der Waals surface area contributed by atoms with E-state index >= 15 is 0 Å². The summed E-state index contributed by atoms with van der Waals surface area (Å²) in [6.07, 6.45) is 0.378. The van der Waals surface area contributed by atoms with Gasteiger partial charge in [-0.05, 0) is 61.7 Å². The molecule has 4 rings (SSSR count). The number of nitrogens with zero attached hydrogens (tertiary/aromatic N) is 1. The van der Waals surface area contributed by atoms with Crippen LogP contribution in [0.15, 0.2) is 54.6 Å². The van der Waals surface area contributed by atoms with Crippen molar-refractivity contribution in [2.24, 2.45) is 5.92 Å². The van der Waals surface area contributed by atoms with Gasteiger partial charge in [0.2, 0.25) is 5.06 Å². The number of ether oxygens (including phenoxy) is 1. The van der Waals surface area contributed by atoms with E-state index in [-0.39, 0.29) is 21.9 Å². The van der Waals surface area contributed by atoms with Gasteiger partial charge in [0.05, 0.1) is 16.3 Å². The number of halogens is 2. The molecule has 0 aliphatic carbocycles. The molecule has 9 heteroatoms. The van der Waals surface area contributed by atoms with Gasteiger partial charge in [-0.2, -0.15) is 0 Å². The molecule has 0 bridgehead atoms. The Morgan fingerprint density at radius 3 is 2.48 bits per heavy atom. The zero-order chi connectivity index (χ0) is 23.4. The van der Waals surface area contributed by atoms with E-state index in [1.165, 1.54) is 17.4 Å². The number of carbonyl (C=O) groups is 2. The maximum atomic E-state index is 13.7. The van der Waals surface area contributed by atoms with Crippen LogP contribution in [0.2, 0.25) is 10.0 Å². The summed E-state index contributed by atoms with van der Waals surface area (Å²) in [6.45, 7) is 2.15. The second-order valence-electron chi connectivity index (χ2n) is 7.75. The minimum absolute atomic E-state index is 0.147. The zero-order valence-corrected chi connectivity index (χ0v) is 19.9. The van der Waals surface area contributed by atoms with Crippen LogP contribution in [0.5, 0.6) is 5.06 Å². The highest BCUT2D eigenvalue weighted by Crippen LogP contribution is 2.44. The molecule has 1 fully saturated rings. The van der Waals surface area contributed by atoms with Gasteiger partial charge in [-0.1, -0.05) is 64.9 Å². The van der Waals surface area contributed by atoms with Crippen LogP contribution in [0.1, 0.15) is 23.2 Å². The van der Waals surface area contributed by atoms with Crippen LogP contribution in [-0.4, -0.2) is 36.8 Å². The maximum absolute atomic E-state index is 13.7. The fourth-order valence-corrected chi connectivity index (χ4v) is 5.37. The highest BCUT2D eigenvalue weighted by atomic mass is 35.5. The summed E-state index contributed by atoms with van der Waals surface area (Å²) in [5, 5.41) is 13.5. The lowest BCUT2D eigenvalue weighted by atomic mass is 9.97. The summed E-state index contributed by atoms with van der Waals surface area (Å²) in [5.74, 6) is -0.0816. The number of anilines is 1. The Bertz CT molecular complexity index is 1150. The molecule has 1 aliphatic rings. The molecule has 6 nitrogen and oxygen atoms in total. The lowest BCUT2D eigenvalue weighted by molar-refractivity contribution is 0.0979. The van der Waals surface area contributed by atoms with E-state index in [1.807, 2.05) is 30.3 Å². The first-order valence-corrected chi connectivity index (χ1v) is 12.1. The van der Waals surface area contributed by atoms with Crippen molar-refractivity contribution in [1.29, 1.82) is 0 Å². The van der Waals surface area contributed by atoms with E-state index in [0.29, 0.717) is 22.8 Å². The molecule has 2 N–H and O–H groups in total. The van der Waals surface area contributed by atoms with Crippen molar-refractivity contribution in [3.63, 3.8) is 0 Å². The molecule has 1 amide bonds. The number of hydrogen-bond donors (Lipinski definition) is 2. The molecule has 0 unspecified atom stereocenters. The highest BCUT2D eigenvalue weighted by Gasteiger charge is 2.29. The molecule has 0 radical (unpaired) electrons. The number of carboxylic acid groups (broad SMARTS) is 1. The number of nitrogens with one attached hydrogen (secondary N) is 1. The quantitative estimate of drug-likeness (QED) is 0.378. The average molecular weight is 505 g/mol. The topological polar surface area (TPSA) is 78.9 Å². The summed E-state index contributed by atoms with van der Waals surface area (Å²) in [5.41, 5.74) is 1.61. The third kappa shape index (κ3) is 5.68. The summed E-state index contributed by atoms with van der Waals surface area (Å²) in [6, 6.07) is 16.1. The normalized spacial score (nSPS) is 14.1. The lowest BCUT2D eigenvalue weighted by Gasteiger charge is -2.30. The van der Waals surface area contributed by atoms with E-state index in [1.54, 1.807) is 23.1 Å². The molecular formula is C24H22Cl2N2O4S. The van der Waals surface area contributed by atoms with Gasteiger partial charge in [0.25, 0.3) is 5.91 Å². The molecule has 1 aromatic heterocycles. The van der Waals surface area contributed by atoms with Crippen molar-refractivity contribution in [1.82, 2.24) is 5.32 Å². The number of rotatable bonds is 6. The van der Waals surface area contributed by atoms with Gasteiger partial charge in [-0.15, -0.1) is 0 Å². The number of thiophene rings is 1. The fourth-order valence-electron chi connectivity index (χ4n) is 3.87. The van der Waals surface area contributed by atoms with Crippen molar-refractivity contribution < 1.29 is 19.4 Å². The van der Waals surface area contributed by atoms with E-state index < -0.39 is 6.16 Å². The molecule has 2 heterocycles. The Balaban J connectivity index is 1.79. The van der Waals surface area contributed by atoms with E-state index in [4.69, 9.17) is 27.9 Å². The molecule has 2 aromatic carbocycles. The standard InChI is InChI=1S/C24H22Cl2N2O4S/c25-17-6-7-18(19(26)12-17)22(29)28(14-15-8-10-27-11-9-15)20-13-21(16-4-2-1-3-5-16)33-23(20)32-24(30)31/h1-7,12-13,15,27H,8-11,14H2,(H,30,31). The number of carbonyl (C=O) groups excluding carboxylic acids is 1. The second kappa shape index (κ2) is 10.6. The number of benzene rings is 2. The molecule has 1 saturated heterocycles. The first-order valence-electron chi connectivity index (χ1n) is 10.5.